The monoisotopic (exact) mass is 260 g/mol. The summed E-state index contributed by atoms with van der Waals surface area (Å²) in [6.45, 7) is 4.22. The highest BCUT2D eigenvalue weighted by Crippen LogP contribution is 2.17. The maximum absolute atomic E-state index is 11.8. The fourth-order valence-electron chi connectivity index (χ4n) is 1.59. The summed E-state index contributed by atoms with van der Waals surface area (Å²) in [4.78, 5) is 15.9. The number of carbonyl (C=O) groups excluding carboxylic acids is 1. The second kappa shape index (κ2) is 6.13. The van der Waals surface area contributed by atoms with Crippen LogP contribution >= 0.6 is 0 Å². The minimum Gasteiger partial charge on any atom is -0.462 e. The van der Waals surface area contributed by atoms with E-state index >= 15 is 0 Å². The van der Waals surface area contributed by atoms with Gasteiger partial charge in [-0.3, -0.25) is 0 Å². The Kier molecular flexibility index (Phi) is 4.28. The van der Waals surface area contributed by atoms with Crippen molar-refractivity contribution in [1.82, 2.24) is 10.1 Å². The third kappa shape index (κ3) is 3.40. The molecule has 0 saturated carbocycles. The molecule has 19 heavy (non-hydrogen) atoms. The van der Waals surface area contributed by atoms with Crippen LogP contribution in [0.1, 0.15) is 36.0 Å². The molecule has 1 aromatic heterocycles. The molecule has 2 rings (SSSR count). The molecule has 0 atom stereocenters. The number of nitrogens with zero attached hydrogens (tertiary/aromatic N) is 2. The zero-order valence-electron chi connectivity index (χ0n) is 11.0. The maximum atomic E-state index is 11.8. The van der Waals surface area contributed by atoms with E-state index < -0.39 is 0 Å². The van der Waals surface area contributed by atoms with Crippen LogP contribution in [-0.4, -0.2) is 22.7 Å². The molecule has 0 fully saturated rings. The van der Waals surface area contributed by atoms with Crippen LogP contribution in [0.5, 0.6) is 0 Å². The Hall–Kier alpha value is -2.17. The van der Waals surface area contributed by atoms with E-state index in [1.165, 1.54) is 0 Å². The van der Waals surface area contributed by atoms with E-state index in [-0.39, 0.29) is 5.97 Å². The summed E-state index contributed by atoms with van der Waals surface area (Å²) in [6, 6.07) is 7.02. The summed E-state index contributed by atoms with van der Waals surface area (Å²) in [5, 5.41) is 3.82. The van der Waals surface area contributed by atoms with Crippen LogP contribution in [0.15, 0.2) is 28.8 Å². The minimum atomic E-state index is -0.324. The summed E-state index contributed by atoms with van der Waals surface area (Å²) < 4.78 is 10.1. The lowest BCUT2D eigenvalue weighted by atomic mass is 10.1. The zero-order valence-corrected chi connectivity index (χ0v) is 11.0. The Bertz CT molecular complexity index is 563. The van der Waals surface area contributed by atoms with Gasteiger partial charge in [-0.1, -0.05) is 30.6 Å². The molecule has 0 saturated heterocycles. The molecule has 5 heteroatoms. The topological polar surface area (TPSA) is 65.2 Å². The van der Waals surface area contributed by atoms with Gasteiger partial charge in [-0.25, -0.2) is 4.79 Å². The highest BCUT2D eigenvalue weighted by molar-refractivity contribution is 5.90. The zero-order chi connectivity index (χ0) is 13.7. The van der Waals surface area contributed by atoms with Gasteiger partial charge in [0.15, 0.2) is 0 Å². The van der Waals surface area contributed by atoms with Gasteiger partial charge in [0.05, 0.1) is 12.2 Å². The molecule has 0 aliphatic rings. The molecule has 0 N–H and O–H groups in total. The van der Waals surface area contributed by atoms with Crippen molar-refractivity contribution in [3.8, 4) is 11.4 Å². The van der Waals surface area contributed by atoms with Gasteiger partial charge in [-0.05, 0) is 18.6 Å². The number of ether oxygens (including phenoxy) is 1. The largest absolute Gasteiger partial charge is 0.462 e. The average Bonchev–Trinajstić information content (AvgIpc) is 2.86. The van der Waals surface area contributed by atoms with Gasteiger partial charge in [-0.15, -0.1) is 0 Å². The Labute approximate surface area is 111 Å². The second-order valence-electron chi connectivity index (χ2n) is 4.21. The molecule has 5 nitrogen and oxygen atoms in total. The van der Waals surface area contributed by atoms with E-state index in [0.717, 1.165) is 18.4 Å². The summed E-state index contributed by atoms with van der Waals surface area (Å²) in [5.74, 6) is 0.641. The van der Waals surface area contributed by atoms with Crippen molar-refractivity contribution < 1.29 is 14.1 Å². The third-order valence-electron chi connectivity index (χ3n) is 2.62. The molecule has 0 spiro atoms. The predicted octanol–water partition coefficient (Wildman–Crippen LogP) is 3.00. The SMILES string of the molecule is CCCCOC(=O)c1cccc(-c2noc(C)n2)c1. The Morgan fingerprint density at radius 1 is 1.42 bits per heavy atom. The van der Waals surface area contributed by atoms with Crippen molar-refractivity contribution in [3.63, 3.8) is 0 Å². The highest BCUT2D eigenvalue weighted by Gasteiger charge is 2.11. The molecular weight excluding hydrogens is 244 g/mol. The van der Waals surface area contributed by atoms with E-state index in [1.807, 2.05) is 13.0 Å². The number of benzene rings is 1. The summed E-state index contributed by atoms with van der Waals surface area (Å²) in [6.07, 6.45) is 1.87. The Balaban J connectivity index is 2.13. The van der Waals surface area contributed by atoms with E-state index in [2.05, 4.69) is 10.1 Å². The smallest absolute Gasteiger partial charge is 0.338 e. The van der Waals surface area contributed by atoms with Crippen LogP contribution < -0.4 is 0 Å². The van der Waals surface area contributed by atoms with E-state index in [1.54, 1.807) is 25.1 Å². The van der Waals surface area contributed by atoms with Gasteiger partial charge < -0.3 is 9.26 Å². The molecule has 1 aromatic carbocycles. The number of carbonyl (C=O) groups is 1. The minimum absolute atomic E-state index is 0.324. The van der Waals surface area contributed by atoms with E-state index in [9.17, 15) is 4.79 Å². The van der Waals surface area contributed by atoms with Crippen LogP contribution in [0.4, 0.5) is 0 Å². The first-order valence-corrected chi connectivity index (χ1v) is 6.28. The van der Waals surface area contributed by atoms with E-state index in [4.69, 9.17) is 9.26 Å². The molecule has 0 unspecified atom stereocenters. The normalized spacial score (nSPS) is 10.4. The van der Waals surface area contributed by atoms with E-state index in [0.29, 0.717) is 23.9 Å². The number of esters is 1. The first-order valence-electron chi connectivity index (χ1n) is 6.28. The van der Waals surface area contributed by atoms with Crippen LogP contribution in [0.25, 0.3) is 11.4 Å². The number of hydrogen-bond acceptors (Lipinski definition) is 5. The van der Waals surface area contributed by atoms with Crippen molar-refractivity contribution in [1.29, 1.82) is 0 Å². The van der Waals surface area contributed by atoms with Crippen molar-refractivity contribution >= 4 is 5.97 Å². The second-order valence-corrected chi connectivity index (χ2v) is 4.21. The summed E-state index contributed by atoms with van der Waals surface area (Å²) in [5.41, 5.74) is 1.23. The van der Waals surface area contributed by atoms with Gasteiger partial charge in [0.25, 0.3) is 0 Å². The molecule has 0 radical (unpaired) electrons. The van der Waals surface area contributed by atoms with Crippen molar-refractivity contribution in [2.24, 2.45) is 0 Å². The lowest BCUT2D eigenvalue weighted by Crippen LogP contribution is -2.06. The average molecular weight is 260 g/mol. The predicted molar refractivity (Wildman–Crippen MR) is 69.7 cm³/mol. The number of unbranched alkanes of at least 4 members (excludes halogenated alkanes) is 1. The standard InChI is InChI=1S/C14H16N2O3/c1-3-4-8-18-14(17)12-7-5-6-11(9-12)13-15-10(2)19-16-13/h5-7,9H,3-4,8H2,1-2H3. The van der Waals surface area contributed by atoms with Crippen molar-refractivity contribution in [2.75, 3.05) is 6.61 Å². The number of aryl methyl sites for hydroxylation is 1. The fraction of sp³-hybridized carbons (Fsp3) is 0.357. The molecular formula is C14H16N2O3. The first kappa shape index (κ1) is 13.3. The summed E-state index contributed by atoms with van der Waals surface area (Å²) in [7, 11) is 0. The van der Waals surface area contributed by atoms with Gasteiger partial charge in [0.2, 0.25) is 11.7 Å². The number of rotatable bonds is 5. The Morgan fingerprint density at radius 2 is 2.26 bits per heavy atom. The van der Waals surface area contributed by atoms with Gasteiger partial charge >= 0.3 is 5.97 Å². The first-order chi connectivity index (χ1) is 9.20. The van der Waals surface area contributed by atoms with Gasteiger partial charge in [0, 0.05) is 12.5 Å². The van der Waals surface area contributed by atoms with Crippen molar-refractivity contribution in [3.05, 3.63) is 35.7 Å². The highest BCUT2D eigenvalue weighted by atomic mass is 16.5. The summed E-state index contributed by atoms with van der Waals surface area (Å²) >= 11 is 0. The molecule has 0 aliphatic heterocycles. The van der Waals surface area contributed by atoms with Crippen LogP contribution in [0.2, 0.25) is 0 Å². The maximum Gasteiger partial charge on any atom is 0.338 e. The molecule has 1 heterocycles. The quantitative estimate of drug-likeness (QED) is 0.610. The molecule has 2 aromatic rings. The van der Waals surface area contributed by atoms with Crippen LogP contribution in [0.3, 0.4) is 0 Å². The number of aromatic nitrogens is 2. The third-order valence-corrected chi connectivity index (χ3v) is 2.62. The van der Waals surface area contributed by atoms with Crippen LogP contribution in [0, 0.1) is 6.92 Å². The van der Waals surface area contributed by atoms with Crippen LogP contribution in [-0.2, 0) is 4.74 Å². The van der Waals surface area contributed by atoms with Crippen molar-refractivity contribution in [2.45, 2.75) is 26.7 Å². The lowest BCUT2D eigenvalue weighted by molar-refractivity contribution is 0.0500. The van der Waals surface area contributed by atoms with Gasteiger partial charge in [0.1, 0.15) is 0 Å². The lowest BCUT2D eigenvalue weighted by Gasteiger charge is -2.04. The molecule has 0 aliphatic carbocycles. The molecule has 0 bridgehead atoms. The molecule has 100 valence electrons. The Morgan fingerprint density at radius 3 is 2.95 bits per heavy atom. The number of hydrogen-bond donors (Lipinski definition) is 0. The molecule has 0 amide bonds. The van der Waals surface area contributed by atoms with Gasteiger partial charge in [-0.2, -0.15) is 4.98 Å². The fourth-order valence-corrected chi connectivity index (χ4v) is 1.59.